The lowest BCUT2D eigenvalue weighted by Gasteiger charge is -2.07. The number of hydrogen-bond acceptors (Lipinski definition) is 3. The molecule has 0 saturated carbocycles. The first kappa shape index (κ1) is 9.64. The van der Waals surface area contributed by atoms with Crippen molar-refractivity contribution in [3.05, 3.63) is 30.4 Å². The Balaban J connectivity index is 2.39. The summed E-state index contributed by atoms with van der Waals surface area (Å²) in [6.07, 6.45) is 3.25. The third-order valence-electron chi connectivity index (χ3n) is 2.34. The quantitative estimate of drug-likeness (QED) is 0.820. The van der Waals surface area contributed by atoms with Crippen molar-refractivity contribution >= 4 is 11.5 Å². The third-order valence-corrected chi connectivity index (χ3v) is 2.34. The third kappa shape index (κ3) is 1.81. The molecule has 1 N–H and O–H groups in total. The van der Waals surface area contributed by atoms with E-state index >= 15 is 0 Å². The van der Waals surface area contributed by atoms with Gasteiger partial charge in [0, 0.05) is 11.6 Å². The second kappa shape index (κ2) is 3.68. The van der Waals surface area contributed by atoms with Gasteiger partial charge in [-0.1, -0.05) is 6.92 Å². The number of fused-ring (bicyclic) bond motifs is 1. The first-order valence-corrected chi connectivity index (χ1v) is 4.68. The Labute approximate surface area is 86.4 Å². The lowest BCUT2D eigenvalue weighted by Crippen LogP contribution is -2.06. The van der Waals surface area contributed by atoms with E-state index in [-0.39, 0.29) is 12.3 Å². The molecule has 78 valence electrons. The minimum absolute atomic E-state index is 0.0556. The van der Waals surface area contributed by atoms with Gasteiger partial charge in [-0.2, -0.15) is 5.10 Å². The highest BCUT2D eigenvalue weighted by Gasteiger charge is 2.14. The maximum absolute atomic E-state index is 10.6. The zero-order chi connectivity index (χ0) is 10.8. The smallest absolute Gasteiger partial charge is 0.304 e. The van der Waals surface area contributed by atoms with Gasteiger partial charge in [-0.05, 0) is 12.1 Å². The van der Waals surface area contributed by atoms with Crippen LogP contribution in [0.15, 0.2) is 24.7 Å². The van der Waals surface area contributed by atoms with Gasteiger partial charge in [-0.15, -0.1) is 0 Å². The van der Waals surface area contributed by atoms with Gasteiger partial charge in [0.1, 0.15) is 6.33 Å². The molecule has 0 spiro atoms. The Kier molecular flexibility index (Phi) is 2.37. The van der Waals surface area contributed by atoms with E-state index in [9.17, 15) is 4.79 Å². The number of rotatable bonds is 3. The summed E-state index contributed by atoms with van der Waals surface area (Å²) in [5.41, 5.74) is 1.78. The molecule has 15 heavy (non-hydrogen) atoms. The molecule has 2 aromatic rings. The predicted octanol–water partition coefficient (Wildman–Crippen LogP) is 1.31. The minimum Gasteiger partial charge on any atom is -0.481 e. The average Bonchev–Trinajstić information content (AvgIpc) is 2.59. The largest absolute Gasteiger partial charge is 0.481 e. The van der Waals surface area contributed by atoms with Crippen LogP contribution in [0.4, 0.5) is 0 Å². The molecule has 1 unspecified atom stereocenters. The maximum atomic E-state index is 10.6. The summed E-state index contributed by atoms with van der Waals surface area (Å²) >= 11 is 0. The van der Waals surface area contributed by atoms with Crippen molar-refractivity contribution in [1.82, 2.24) is 14.6 Å². The van der Waals surface area contributed by atoms with E-state index in [0.717, 1.165) is 11.2 Å². The Bertz CT molecular complexity index is 492. The molecule has 0 aliphatic rings. The minimum atomic E-state index is -0.800. The summed E-state index contributed by atoms with van der Waals surface area (Å²) in [5, 5.41) is 12.8. The highest BCUT2D eigenvalue weighted by molar-refractivity contribution is 5.68. The van der Waals surface area contributed by atoms with Gasteiger partial charge in [0.25, 0.3) is 0 Å². The summed E-state index contributed by atoms with van der Waals surface area (Å²) in [6, 6.07) is 3.77. The highest BCUT2D eigenvalue weighted by Crippen LogP contribution is 2.20. The summed E-state index contributed by atoms with van der Waals surface area (Å²) < 4.78 is 1.72. The van der Waals surface area contributed by atoms with Crippen LogP contribution in [0.5, 0.6) is 0 Å². The molecule has 0 fully saturated rings. The lowest BCUT2D eigenvalue weighted by atomic mass is 10.0. The van der Waals surface area contributed by atoms with Gasteiger partial charge >= 0.3 is 5.97 Å². The normalized spacial score (nSPS) is 12.9. The summed E-state index contributed by atoms with van der Waals surface area (Å²) in [5.74, 6) is -0.855. The number of aromatic nitrogens is 3. The summed E-state index contributed by atoms with van der Waals surface area (Å²) in [6.45, 7) is 1.87. The van der Waals surface area contributed by atoms with Crippen LogP contribution in [-0.4, -0.2) is 25.7 Å². The van der Waals surface area contributed by atoms with Crippen molar-refractivity contribution in [3.8, 4) is 0 Å². The first-order chi connectivity index (χ1) is 7.18. The molecule has 2 rings (SSSR count). The van der Waals surface area contributed by atoms with Crippen molar-refractivity contribution in [2.24, 2.45) is 0 Å². The second-order valence-electron chi connectivity index (χ2n) is 3.50. The van der Waals surface area contributed by atoms with E-state index < -0.39 is 5.97 Å². The van der Waals surface area contributed by atoms with E-state index in [4.69, 9.17) is 5.11 Å². The number of carboxylic acids is 1. The molecular weight excluding hydrogens is 194 g/mol. The fraction of sp³-hybridized carbons (Fsp3) is 0.300. The zero-order valence-electron chi connectivity index (χ0n) is 8.29. The van der Waals surface area contributed by atoms with Gasteiger partial charge in [-0.3, -0.25) is 4.79 Å². The number of hydrogen-bond donors (Lipinski definition) is 1. The van der Waals surface area contributed by atoms with Crippen LogP contribution in [0.2, 0.25) is 0 Å². The first-order valence-electron chi connectivity index (χ1n) is 4.68. The monoisotopic (exact) mass is 205 g/mol. The zero-order valence-corrected chi connectivity index (χ0v) is 8.29. The average molecular weight is 205 g/mol. The Hall–Kier alpha value is -1.91. The molecule has 0 aliphatic carbocycles. The molecule has 0 aliphatic heterocycles. The van der Waals surface area contributed by atoms with Crippen LogP contribution in [0.25, 0.3) is 5.52 Å². The molecule has 0 aromatic carbocycles. The van der Waals surface area contributed by atoms with Gasteiger partial charge in [0.15, 0.2) is 0 Å². The number of carboxylic acid groups (broad SMARTS) is 1. The number of carbonyl (C=O) groups is 1. The highest BCUT2D eigenvalue weighted by atomic mass is 16.4. The molecule has 0 amide bonds. The molecule has 5 heteroatoms. The molecule has 0 radical (unpaired) electrons. The van der Waals surface area contributed by atoms with Gasteiger partial charge in [0.05, 0.1) is 18.1 Å². The van der Waals surface area contributed by atoms with Crippen LogP contribution >= 0.6 is 0 Å². The Morgan fingerprint density at radius 3 is 3.13 bits per heavy atom. The van der Waals surface area contributed by atoms with Gasteiger partial charge < -0.3 is 5.11 Å². The van der Waals surface area contributed by atoms with E-state index in [1.54, 1.807) is 10.7 Å². The topological polar surface area (TPSA) is 67.5 Å². The summed E-state index contributed by atoms with van der Waals surface area (Å²) in [7, 11) is 0. The van der Waals surface area contributed by atoms with Crippen LogP contribution in [0.1, 0.15) is 25.0 Å². The van der Waals surface area contributed by atoms with Crippen molar-refractivity contribution < 1.29 is 9.90 Å². The molecule has 5 nitrogen and oxygen atoms in total. The number of aliphatic carboxylic acids is 1. The van der Waals surface area contributed by atoms with Gasteiger partial charge in [-0.25, -0.2) is 9.50 Å². The second-order valence-corrected chi connectivity index (χ2v) is 3.50. The van der Waals surface area contributed by atoms with Crippen molar-refractivity contribution in [2.75, 3.05) is 0 Å². The number of nitrogens with zero attached hydrogens (tertiary/aromatic N) is 3. The Morgan fingerprint density at radius 1 is 1.60 bits per heavy atom. The maximum Gasteiger partial charge on any atom is 0.304 e. The molecule has 2 heterocycles. The fourth-order valence-corrected chi connectivity index (χ4v) is 1.62. The standard InChI is InChI=1S/C10H11N3O2/c1-7(4-10(14)15)9-3-2-8-5-11-6-12-13(8)9/h2-3,5-7H,4H2,1H3,(H,14,15). The van der Waals surface area contributed by atoms with Crippen LogP contribution < -0.4 is 0 Å². The predicted molar refractivity (Wildman–Crippen MR) is 53.7 cm³/mol. The van der Waals surface area contributed by atoms with Crippen LogP contribution in [-0.2, 0) is 4.79 Å². The van der Waals surface area contributed by atoms with E-state index in [1.807, 2.05) is 19.1 Å². The van der Waals surface area contributed by atoms with Crippen LogP contribution in [0, 0.1) is 0 Å². The van der Waals surface area contributed by atoms with Crippen molar-refractivity contribution in [3.63, 3.8) is 0 Å². The molecule has 2 aromatic heterocycles. The molecule has 1 atom stereocenters. The van der Waals surface area contributed by atoms with Crippen LogP contribution in [0.3, 0.4) is 0 Å². The van der Waals surface area contributed by atoms with E-state index in [2.05, 4.69) is 10.1 Å². The summed E-state index contributed by atoms with van der Waals surface area (Å²) in [4.78, 5) is 14.5. The van der Waals surface area contributed by atoms with E-state index in [0.29, 0.717) is 0 Å². The van der Waals surface area contributed by atoms with E-state index in [1.165, 1.54) is 6.33 Å². The van der Waals surface area contributed by atoms with Crippen molar-refractivity contribution in [2.45, 2.75) is 19.3 Å². The fourth-order valence-electron chi connectivity index (χ4n) is 1.62. The molecule has 0 saturated heterocycles. The SMILES string of the molecule is CC(CC(=O)O)c1ccc2cncnn12. The molecule has 0 bridgehead atoms. The van der Waals surface area contributed by atoms with Crippen molar-refractivity contribution in [1.29, 1.82) is 0 Å². The Morgan fingerprint density at radius 2 is 2.40 bits per heavy atom. The molecular formula is C10H11N3O2. The lowest BCUT2D eigenvalue weighted by molar-refractivity contribution is -0.137. The van der Waals surface area contributed by atoms with Gasteiger partial charge in [0.2, 0.25) is 0 Å².